The van der Waals surface area contributed by atoms with Crippen LogP contribution in [0.1, 0.15) is 31.0 Å². The Morgan fingerprint density at radius 2 is 1.86 bits per heavy atom. The van der Waals surface area contributed by atoms with E-state index < -0.39 is 35.4 Å². The van der Waals surface area contributed by atoms with Crippen LogP contribution in [-0.4, -0.2) is 27.8 Å². The van der Waals surface area contributed by atoms with Crippen LogP contribution in [0, 0.1) is 18.6 Å². The van der Waals surface area contributed by atoms with Crippen LogP contribution in [-0.2, 0) is 0 Å². The van der Waals surface area contributed by atoms with Gasteiger partial charge >= 0.3 is 6.03 Å². The van der Waals surface area contributed by atoms with E-state index in [9.17, 15) is 9.90 Å². The Kier molecular flexibility index (Phi) is 5.89. The molecule has 1 unspecified atom stereocenters. The molecule has 36 heavy (non-hydrogen) atoms. The summed E-state index contributed by atoms with van der Waals surface area (Å²) in [4.78, 5) is 16.0. The number of aliphatic hydroxyl groups is 1. The smallest absolute Gasteiger partial charge is 0.319 e. The highest BCUT2D eigenvalue weighted by atomic mass is 35.5. The number of aliphatic hydroxyl groups excluding tert-OH is 1. The normalized spacial score (nSPS) is 18.4. The lowest BCUT2D eigenvalue weighted by Gasteiger charge is -2.43. The van der Waals surface area contributed by atoms with Gasteiger partial charge in [-0.1, -0.05) is 29.8 Å². The Labute approximate surface area is 211 Å². The highest BCUT2D eigenvalue weighted by Gasteiger charge is 2.44. The summed E-state index contributed by atoms with van der Waals surface area (Å²) in [6.07, 6.45) is 0.555. The van der Waals surface area contributed by atoms with Gasteiger partial charge in [-0.2, -0.15) is 0 Å². The molecule has 2 atom stereocenters. The molecule has 1 aliphatic heterocycles. The van der Waals surface area contributed by atoms with Gasteiger partial charge in [-0.15, -0.1) is 0 Å². The summed E-state index contributed by atoms with van der Waals surface area (Å²) in [6, 6.07) is 11.1. The molecule has 0 fully saturated rings. The van der Waals surface area contributed by atoms with E-state index in [-0.39, 0.29) is 16.8 Å². The topological polar surface area (TPSA) is 89.2 Å². The second-order valence-electron chi connectivity index (χ2n) is 9.58. The molecule has 9 heteroatoms. The van der Waals surface area contributed by atoms with Gasteiger partial charge in [0.15, 0.2) is 0 Å². The van der Waals surface area contributed by atoms with Crippen LogP contribution in [0.4, 0.5) is 25.0 Å². The number of carbonyl (C=O) groups excluding carboxylic acids is 1. The molecule has 186 valence electrons. The predicted molar refractivity (Wildman–Crippen MR) is 138 cm³/mol. The van der Waals surface area contributed by atoms with Gasteiger partial charge in [0.1, 0.15) is 17.7 Å². The molecular formula is C27H25ClF2N4O2. The third-order valence-electron chi connectivity index (χ3n) is 6.66. The second kappa shape index (κ2) is 8.80. The fourth-order valence-electron chi connectivity index (χ4n) is 4.78. The minimum atomic E-state index is -1.22. The summed E-state index contributed by atoms with van der Waals surface area (Å²) in [5, 5.41) is 20.9. The lowest BCUT2D eigenvalue weighted by molar-refractivity contribution is 0.0712. The molecule has 5 N–H and O–H groups in total. The van der Waals surface area contributed by atoms with Crippen molar-refractivity contribution in [1.82, 2.24) is 10.3 Å². The zero-order valence-corrected chi connectivity index (χ0v) is 20.6. The predicted octanol–water partition coefficient (Wildman–Crippen LogP) is 6.50. The highest BCUT2D eigenvalue weighted by molar-refractivity contribution is 6.30. The number of hydrogen-bond acceptors (Lipinski definition) is 3. The summed E-state index contributed by atoms with van der Waals surface area (Å²) < 4.78 is 31.7. The molecule has 0 bridgehead atoms. The van der Waals surface area contributed by atoms with Crippen LogP contribution < -0.4 is 16.0 Å². The zero-order valence-electron chi connectivity index (χ0n) is 19.8. The van der Waals surface area contributed by atoms with Gasteiger partial charge < -0.3 is 26.0 Å². The van der Waals surface area contributed by atoms with Crippen molar-refractivity contribution in [3.63, 3.8) is 0 Å². The van der Waals surface area contributed by atoms with Crippen molar-refractivity contribution >= 4 is 39.9 Å². The van der Waals surface area contributed by atoms with Crippen LogP contribution in [0.15, 0.2) is 54.7 Å². The number of aromatic amines is 1. The van der Waals surface area contributed by atoms with Gasteiger partial charge in [0.25, 0.3) is 0 Å². The van der Waals surface area contributed by atoms with Crippen LogP contribution in [0.25, 0.3) is 22.0 Å². The van der Waals surface area contributed by atoms with E-state index in [0.29, 0.717) is 21.8 Å². The third-order valence-corrected chi connectivity index (χ3v) is 6.91. The molecule has 0 saturated carbocycles. The molecule has 0 spiro atoms. The molecule has 0 radical (unpaired) electrons. The van der Waals surface area contributed by atoms with E-state index in [1.54, 1.807) is 56.4 Å². The number of para-hydroxylation sites is 1. The maximum atomic E-state index is 16.2. The standard InChI is InChI=1S/C27H25ClF2N4O2/c1-13-12-31-23-16(13)5-4-6-17(23)20-18(29)11-19-21(22(20)30)24(25(35)27(2,3)34-19)33-26(36)32-15-9-7-14(28)8-10-15/h4-12,24-25,31,34-35H,1-3H3,(H2,32,33,36)/t24-,25?/m0/s1. The lowest BCUT2D eigenvalue weighted by atomic mass is 9.81. The van der Waals surface area contributed by atoms with Crippen molar-refractivity contribution < 1.29 is 18.7 Å². The van der Waals surface area contributed by atoms with Crippen molar-refractivity contribution in [1.29, 1.82) is 0 Å². The number of aromatic nitrogens is 1. The van der Waals surface area contributed by atoms with Crippen LogP contribution in [0.3, 0.4) is 0 Å². The Morgan fingerprint density at radius 3 is 2.58 bits per heavy atom. The van der Waals surface area contributed by atoms with Gasteiger partial charge in [-0.05, 0) is 56.7 Å². The van der Waals surface area contributed by atoms with Crippen molar-refractivity contribution in [3.05, 3.63) is 82.5 Å². The molecule has 3 aromatic carbocycles. The molecule has 1 aromatic heterocycles. The van der Waals surface area contributed by atoms with Crippen LogP contribution in [0.2, 0.25) is 5.02 Å². The van der Waals surface area contributed by atoms with Crippen molar-refractivity contribution in [3.8, 4) is 11.1 Å². The first-order valence-electron chi connectivity index (χ1n) is 11.4. The van der Waals surface area contributed by atoms with E-state index >= 15 is 8.78 Å². The number of fused-ring (bicyclic) bond motifs is 2. The minimum absolute atomic E-state index is 0.0234. The minimum Gasteiger partial charge on any atom is -0.388 e. The number of halogens is 3. The number of benzene rings is 3. The third kappa shape index (κ3) is 4.06. The number of nitrogens with one attached hydrogen (secondary N) is 4. The highest BCUT2D eigenvalue weighted by Crippen LogP contribution is 2.44. The monoisotopic (exact) mass is 510 g/mol. The summed E-state index contributed by atoms with van der Waals surface area (Å²) >= 11 is 5.90. The maximum absolute atomic E-state index is 16.2. The number of aryl methyl sites for hydroxylation is 1. The lowest BCUT2D eigenvalue weighted by Crippen LogP contribution is -2.55. The molecule has 0 saturated heterocycles. The molecule has 2 amide bonds. The summed E-state index contributed by atoms with van der Waals surface area (Å²) in [5.41, 5.74) is 1.28. The first kappa shape index (κ1) is 24.1. The summed E-state index contributed by atoms with van der Waals surface area (Å²) in [7, 11) is 0. The first-order chi connectivity index (χ1) is 17.1. The molecule has 6 nitrogen and oxygen atoms in total. The number of urea groups is 1. The van der Waals surface area contributed by atoms with Crippen molar-refractivity contribution in [2.24, 2.45) is 0 Å². The number of anilines is 2. The maximum Gasteiger partial charge on any atom is 0.319 e. The van der Waals surface area contributed by atoms with Crippen molar-refractivity contribution in [2.75, 3.05) is 10.6 Å². The SMILES string of the molecule is Cc1c[nH]c2c(-c3c(F)cc4c(c3F)[C@H](NC(=O)Nc3ccc(Cl)cc3)C(O)C(C)(C)N4)cccc12. The van der Waals surface area contributed by atoms with Crippen LogP contribution in [0.5, 0.6) is 0 Å². The van der Waals surface area contributed by atoms with E-state index in [4.69, 9.17) is 11.6 Å². The molecule has 2 heterocycles. The Balaban J connectivity index is 1.60. The molecule has 1 aliphatic rings. The van der Waals surface area contributed by atoms with Crippen LogP contribution >= 0.6 is 11.6 Å². The first-order valence-corrected chi connectivity index (χ1v) is 11.8. The van der Waals surface area contributed by atoms with Gasteiger partial charge in [0, 0.05) is 39.1 Å². The Bertz CT molecular complexity index is 1480. The fourth-order valence-corrected chi connectivity index (χ4v) is 4.91. The number of amides is 2. The molecule has 5 rings (SSSR count). The number of carbonyl (C=O) groups is 1. The molecule has 0 aliphatic carbocycles. The quantitative estimate of drug-likeness (QED) is 0.218. The Hall–Kier alpha value is -3.62. The zero-order chi connectivity index (χ0) is 25.8. The number of H-pyrrole nitrogens is 1. The van der Waals surface area contributed by atoms with E-state index in [1.165, 1.54) is 6.07 Å². The molecule has 4 aromatic rings. The second-order valence-corrected chi connectivity index (χ2v) is 10.0. The Morgan fingerprint density at radius 1 is 1.14 bits per heavy atom. The van der Waals surface area contributed by atoms with Crippen molar-refractivity contribution in [2.45, 2.75) is 38.5 Å². The summed E-state index contributed by atoms with van der Waals surface area (Å²) in [6.45, 7) is 5.29. The van der Waals surface area contributed by atoms with E-state index in [0.717, 1.165) is 10.9 Å². The number of hydrogen-bond donors (Lipinski definition) is 5. The van der Waals surface area contributed by atoms with Gasteiger partial charge in [-0.3, -0.25) is 0 Å². The average Bonchev–Trinajstić information content (AvgIpc) is 3.20. The van der Waals surface area contributed by atoms with E-state index in [1.807, 2.05) is 13.0 Å². The van der Waals surface area contributed by atoms with Gasteiger partial charge in [-0.25, -0.2) is 13.6 Å². The van der Waals surface area contributed by atoms with Gasteiger partial charge in [0.2, 0.25) is 0 Å². The van der Waals surface area contributed by atoms with Gasteiger partial charge in [0.05, 0.1) is 22.7 Å². The fraction of sp³-hybridized carbons (Fsp3) is 0.222. The largest absolute Gasteiger partial charge is 0.388 e. The van der Waals surface area contributed by atoms with E-state index in [2.05, 4.69) is 20.9 Å². The number of rotatable bonds is 3. The molecular weight excluding hydrogens is 486 g/mol. The average molecular weight is 511 g/mol. The summed E-state index contributed by atoms with van der Waals surface area (Å²) in [5.74, 6) is -1.61.